The molecule has 8 rings (SSSR count). The minimum Gasteiger partial charge on any atom is -0.508 e. The van der Waals surface area contributed by atoms with E-state index in [0.29, 0.717) is 35.3 Å². The number of morpholine rings is 1. The van der Waals surface area contributed by atoms with E-state index in [1.54, 1.807) is 35.2 Å². The Kier molecular flexibility index (Phi) is 11.2. The number of phenolic OH excluding ortho intramolecular Hbond substituents is 1. The van der Waals surface area contributed by atoms with E-state index < -0.39 is 59.5 Å². The van der Waals surface area contributed by atoms with Gasteiger partial charge < -0.3 is 24.4 Å². The maximum atomic E-state index is 15.7. The molecular weight excluding hydrogens is 763 g/mol. The molecule has 12 heteroatoms. The number of imide groups is 1. The molecule has 3 heterocycles. The molecule has 0 saturated carbocycles. The number of nitrogens with zero attached hydrogens (tertiary/aromatic N) is 3. The monoisotopic (exact) mass is 805 g/mol. The van der Waals surface area contributed by atoms with Crippen molar-refractivity contribution in [3.63, 3.8) is 0 Å². The van der Waals surface area contributed by atoms with Crippen molar-refractivity contribution in [2.45, 2.75) is 36.2 Å². The van der Waals surface area contributed by atoms with E-state index in [1.807, 2.05) is 103 Å². The van der Waals surface area contributed by atoms with Gasteiger partial charge in [0.05, 0.1) is 30.9 Å². The molecular formula is C48H43N3O9. The van der Waals surface area contributed by atoms with Crippen molar-refractivity contribution in [2.24, 2.45) is 5.92 Å². The summed E-state index contributed by atoms with van der Waals surface area (Å²) in [5, 5.41) is 22.0. The van der Waals surface area contributed by atoms with Gasteiger partial charge in [0.25, 0.3) is 0 Å². The van der Waals surface area contributed by atoms with Crippen LogP contribution in [0.2, 0.25) is 0 Å². The minimum absolute atomic E-state index is 0.0498. The third-order valence-corrected chi connectivity index (χ3v) is 11.5. The van der Waals surface area contributed by atoms with Gasteiger partial charge in [-0.15, -0.1) is 0 Å². The zero-order valence-corrected chi connectivity index (χ0v) is 33.0. The fraction of sp³-hybridized carbons (Fsp3) is 0.250. The third kappa shape index (κ3) is 7.06. The maximum absolute atomic E-state index is 15.7. The van der Waals surface area contributed by atoms with Crippen LogP contribution in [-0.2, 0) is 40.6 Å². The second kappa shape index (κ2) is 16.8. The molecule has 3 aliphatic rings. The van der Waals surface area contributed by atoms with Crippen LogP contribution in [0.1, 0.15) is 51.6 Å². The van der Waals surface area contributed by atoms with E-state index in [1.165, 1.54) is 19.2 Å². The van der Waals surface area contributed by atoms with Crippen LogP contribution < -0.4 is 4.90 Å². The molecule has 5 aromatic rings. The second-order valence-corrected chi connectivity index (χ2v) is 15.1. The highest BCUT2D eigenvalue weighted by atomic mass is 16.6. The standard InChI is InChI=1S/C48H43N3O9/c1-49(30-32-13-6-3-7-14-32)26-12-15-31-20-25-38-37(29-31)48(46(56)50(38)47(57)59-28-27-58-2)39(44(53)54)41-45(55)60-42(34-18-10-5-11-19-34)40(33-16-8-4-9-17-33)51(41)43(48)35-21-23-36(52)24-22-35/h3-11,13-14,16-25,29,39-43,52H,26-28,30H2,1-2H3,(H,53,54)/t39-,40-,41-,42+,43+,48-/m1/s1. The molecule has 12 nitrogen and oxygen atoms in total. The fourth-order valence-electron chi connectivity index (χ4n) is 9.11. The number of carbonyl (C=O) groups excluding carboxylic acids is 3. The molecule has 0 aliphatic carbocycles. The van der Waals surface area contributed by atoms with E-state index in [9.17, 15) is 24.6 Å². The predicted octanol–water partition coefficient (Wildman–Crippen LogP) is 6.41. The summed E-state index contributed by atoms with van der Waals surface area (Å²) in [6, 6.07) is 35.9. The molecule has 2 N–H and O–H groups in total. The van der Waals surface area contributed by atoms with Crippen molar-refractivity contribution in [1.82, 2.24) is 9.80 Å². The highest BCUT2D eigenvalue weighted by Gasteiger charge is 2.76. The number of benzene rings is 5. The highest BCUT2D eigenvalue weighted by molar-refractivity contribution is 6.23. The predicted molar refractivity (Wildman–Crippen MR) is 221 cm³/mol. The minimum atomic E-state index is -2.14. The third-order valence-electron chi connectivity index (χ3n) is 11.5. The number of amides is 2. The Labute approximate surface area is 347 Å². The first-order valence-corrected chi connectivity index (χ1v) is 19.6. The van der Waals surface area contributed by atoms with Crippen LogP contribution in [0.25, 0.3) is 0 Å². The summed E-state index contributed by atoms with van der Waals surface area (Å²) in [5.74, 6) is 1.40. The first-order chi connectivity index (χ1) is 29.1. The molecule has 3 aliphatic heterocycles. The summed E-state index contributed by atoms with van der Waals surface area (Å²) in [6.07, 6.45) is -1.96. The number of rotatable bonds is 10. The van der Waals surface area contributed by atoms with Crippen LogP contribution in [0, 0.1) is 17.8 Å². The second-order valence-electron chi connectivity index (χ2n) is 15.1. The number of carbonyl (C=O) groups is 4. The summed E-state index contributed by atoms with van der Waals surface area (Å²) >= 11 is 0. The number of hydrogen-bond acceptors (Lipinski definition) is 10. The molecule has 6 atom stereocenters. The molecule has 2 fully saturated rings. The van der Waals surface area contributed by atoms with Gasteiger partial charge in [-0.25, -0.2) is 9.69 Å². The zero-order chi connectivity index (χ0) is 42.0. The van der Waals surface area contributed by atoms with Gasteiger partial charge in [-0.2, -0.15) is 0 Å². The quantitative estimate of drug-likeness (QED) is 0.0918. The number of esters is 1. The topological polar surface area (TPSA) is 146 Å². The first-order valence-electron chi connectivity index (χ1n) is 19.6. The molecule has 5 aromatic carbocycles. The summed E-state index contributed by atoms with van der Waals surface area (Å²) < 4.78 is 17.0. The molecule has 0 aromatic heterocycles. The van der Waals surface area contributed by atoms with E-state index in [0.717, 1.165) is 10.5 Å². The lowest BCUT2D eigenvalue weighted by Crippen LogP contribution is -2.53. The number of methoxy groups -OCH3 is 1. The number of hydrogen-bond donors (Lipinski definition) is 2. The summed E-state index contributed by atoms with van der Waals surface area (Å²) in [7, 11) is 3.39. The molecule has 2 amide bonds. The number of phenols is 1. The Hall–Kier alpha value is -6.78. The van der Waals surface area contributed by atoms with Gasteiger partial charge in [-0.3, -0.25) is 24.2 Å². The first kappa shape index (κ1) is 40.0. The van der Waals surface area contributed by atoms with Crippen LogP contribution in [0.5, 0.6) is 5.75 Å². The lowest BCUT2D eigenvalue weighted by Gasteiger charge is -2.46. The number of cyclic esters (lactones) is 1. The number of aromatic hydroxyl groups is 1. The number of carboxylic acid groups (broad SMARTS) is 1. The Bertz CT molecular complexity index is 2450. The Morgan fingerprint density at radius 3 is 2.12 bits per heavy atom. The molecule has 304 valence electrons. The Morgan fingerprint density at radius 2 is 1.47 bits per heavy atom. The smallest absolute Gasteiger partial charge is 0.421 e. The van der Waals surface area contributed by atoms with Gasteiger partial charge in [0.2, 0.25) is 5.91 Å². The van der Waals surface area contributed by atoms with Crippen LogP contribution in [-0.4, -0.2) is 83.9 Å². The number of carboxylic acids is 1. The molecule has 0 unspecified atom stereocenters. The van der Waals surface area contributed by atoms with E-state index in [2.05, 4.69) is 11.8 Å². The van der Waals surface area contributed by atoms with Crippen molar-refractivity contribution >= 4 is 29.6 Å². The Morgan fingerprint density at radius 1 is 0.817 bits per heavy atom. The SMILES string of the molecule is COCCOC(=O)N1C(=O)[C@@]2(c3cc(C#CCN(C)Cc4ccccc4)ccc31)[C@H](c1ccc(O)cc1)N1[C@H](c3ccccc3)[C@H](c3ccccc3)OC(=O)[C@H]1[C@@H]2C(=O)O. The summed E-state index contributed by atoms with van der Waals surface area (Å²) in [6.45, 7) is 0.921. The molecule has 2 saturated heterocycles. The van der Waals surface area contributed by atoms with Crippen LogP contribution in [0.3, 0.4) is 0 Å². The number of ether oxygens (including phenoxy) is 3. The van der Waals surface area contributed by atoms with Crippen molar-refractivity contribution < 1.29 is 43.6 Å². The van der Waals surface area contributed by atoms with Gasteiger partial charge in [-0.1, -0.05) is 115 Å². The van der Waals surface area contributed by atoms with Gasteiger partial charge in [-0.05, 0) is 65.2 Å². The zero-order valence-electron chi connectivity index (χ0n) is 33.0. The average molecular weight is 806 g/mol. The van der Waals surface area contributed by atoms with Crippen LogP contribution in [0.15, 0.2) is 133 Å². The number of anilines is 1. The van der Waals surface area contributed by atoms with E-state index in [4.69, 9.17) is 14.2 Å². The van der Waals surface area contributed by atoms with Crippen LogP contribution in [0.4, 0.5) is 10.5 Å². The van der Waals surface area contributed by atoms with Gasteiger partial charge in [0.15, 0.2) is 0 Å². The number of fused-ring (bicyclic) bond motifs is 3. The summed E-state index contributed by atoms with van der Waals surface area (Å²) in [5.41, 5.74) is 1.54. The molecule has 0 radical (unpaired) electrons. The highest BCUT2D eigenvalue weighted by Crippen LogP contribution is 2.66. The van der Waals surface area contributed by atoms with Crippen molar-refractivity contribution in [2.75, 3.05) is 38.8 Å². The van der Waals surface area contributed by atoms with Crippen molar-refractivity contribution in [3.05, 3.63) is 167 Å². The largest absolute Gasteiger partial charge is 0.508 e. The lowest BCUT2D eigenvalue weighted by atomic mass is 9.65. The van der Waals surface area contributed by atoms with Gasteiger partial charge in [0, 0.05) is 19.2 Å². The fourth-order valence-corrected chi connectivity index (χ4v) is 9.11. The maximum Gasteiger partial charge on any atom is 0.421 e. The van der Waals surface area contributed by atoms with Crippen LogP contribution >= 0.6 is 0 Å². The van der Waals surface area contributed by atoms with E-state index >= 15 is 4.79 Å². The normalized spacial score (nSPS) is 23.1. The van der Waals surface area contributed by atoms with E-state index in [-0.39, 0.29) is 30.2 Å². The van der Waals surface area contributed by atoms with Gasteiger partial charge >= 0.3 is 18.0 Å². The molecule has 0 bridgehead atoms. The molecule has 1 spiro atoms. The lowest BCUT2D eigenvalue weighted by molar-refractivity contribution is -0.179. The Balaban J connectivity index is 1.35. The van der Waals surface area contributed by atoms with Crippen molar-refractivity contribution in [3.8, 4) is 17.6 Å². The van der Waals surface area contributed by atoms with Gasteiger partial charge in [0.1, 0.15) is 35.8 Å². The molecule has 60 heavy (non-hydrogen) atoms. The van der Waals surface area contributed by atoms with Crippen molar-refractivity contribution in [1.29, 1.82) is 0 Å². The number of aliphatic carboxylic acids is 1. The average Bonchev–Trinajstić information content (AvgIpc) is 3.71. The summed E-state index contributed by atoms with van der Waals surface area (Å²) in [4.78, 5) is 63.3.